The van der Waals surface area contributed by atoms with Gasteiger partial charge in [0.15, 0.2) is 0 Å². The summed E-state index contributed by atoms with van der Waals surface area (Å²) in [5.74, 6) is 1.04. The van der Waals surface area contributed by atoms with E-state index in [1.165, 1.54) is 40.6 Å². The second-order valence-electron chi connectivity index (χ2n) is 13.1. The molecule has 9 nitrogen and oxygen atoms in total. The maximum Gasteiger partial charge on any atom is 0.255 e. The quantitative estimate of drug-likeness (QED) is 0.404. The van der Waals surface area contributed by atoms with Gasteiger partial charge in [-0.1, -0.05) is 12.1 Å². The van der Waals surface area contributed by atoms with Crippen molar-refractivity contribution in [1.29, 1.82) is 0 Å². The van der Waals surface area contributed by atoms with E-state index in [2.05, 4.69) is 34.5 Å². The zero-order chi connectivity index (χ0) is 29.8. The van der Waals surface area contributed by atoms with Gasteiger partial charge in [-0.2, -0.15) is 0 Å². The van der Waals surface area contributed by atoms with Gasteiger partial charge in [-0.05, 0) is 91.5 Å². The highest BCUT2D eigenvalue weighted by atomic mass is 16.5. The molecule has 3 aromatic rings. The van der Waals surface area contributed by atoms with Gasteiger partial charge in [0, 0.05) is 68.4 Å². The standard InChI is InChI=1S/C35H38N4O5/c40-32-8-7-31(34(41)37-32)39-19-25-17-26(4-5-28(25)35(39)42)44-27-9-12-38(20-27)18-21-15-24-3-6-30(23-10-13-43-14-11-23)36-33(24)29(16-21)22-1-2-22/h3-6,15-17,22-23,27,31H,1-2,7-14,18-20H2,(H,37,40,41)/t27-,31-/m0/s1. The fraction of sp³-hybridized carbons (Fsp3) is 0.486. The molecule has 0 bridgehead atoms. The molecule has 2 aromatic carbocycles. The number of pyridine rings is 1. The van der Waals surface area contributed by atoms with Crippen LogP contribution >= 0.6 is 0 Å². The molecule has 5 heterocycles. The minimum absolute atomic E-state index is 0.0726. The van der Waals surface area contributed by atoms with Crippen LogP contribution < -0.4 is 10.1 Å². The van der Waals surface area contributed by atoms with Crippen LogP contribution in [0.15, 0.2) is 42.5 Å². The van der Waals surface area contributed by atoms with Crippen LogP contribution in [0.3, 0.4) is 0 Å². The number of benzene rings is 2. The summed E-state index contributed by atoms with van der Waals surface area (Å²) in [7, 11) is 0. The van der Waals surface area contributed by atoms with E-state index in [-0.39, 0.29) is 24.3 Å². The topological polar surface area (TPSA) is 101 Å². The molecular weight excluding hydrogens is 556 g/mol. The Labute approximate surface area is 256 Å². The molecule has 5 aliphatic rings. The molecule has 4 fully saturated rings. The number of hydrogen-bond donors (Lipinski definition) is 1. The van der Waals surface area contributed by atoms with Crippen molar-refractivity contribution in [3.8, 4) is 5.75 Å². The summed E-state index contributed by atoms with van der Waals surface area (Å²) in [6, 6.07) is 14.2. The Morgan fingerprint density at radius 3 is 2.61 bits per heavy atom. The number of amides is 3. The number of aromatic nitrogens is 1. The largest absolute Gasteiger partial charge is 0.489 e. The van der Waals surface area contributed by atoms with Gasteiger partial charge in [-0.25, -0.2) is 0 Å². The summed E-state index contributed by atoms with van der Waals surface area (Å²) in [6.45, 7) is 4.70. The van der Waals surface area contributed by atoms with E-state index in [9.17, 15) is 14.4 Å². The fourth-order valence-electron chi connectivity index (χ4n) is 7.47. The van der Waals surface area contributed by atoms with Gasteiger partial charge in [0.05, 0.1) is 5.52 Å². The monoisotopic (exact) mass is 594 g/mol. The van der Waals surface area contributed by atoms with E-state index in [0.717, 1.165) is 63.4 Å². The molecule has 2 atom stereocenters. The van der Waals surface area contributed by atoms with Crippen LogP contribution in [-0.4, -0.2) is 71.0 Å². The predicted molar refractivity (Wildman–Crippen MR) is 163 cm³/mol. The van der Waals surface area contributed by atoms with Crippen LogP contribution in [0.5, 0.6) is 5.75 Å². The van der Waals surface area contributed by atoms with Gasteiger partial charge >= 0.3 is 0 Å². The minimum Gasteiger partial charge on any atom is -0.489 e. The van der Waals surface area contributed by atoms with Crippen molar-refractivity contribution < 1.29 is 23.9 Å². The Morgan fingerprint density at radius 1 is 0.932 bits per heavy atom. The second kappa shape index (κ2) is 11.3. The Balaban J connectivity index is 0.926. The first-order valence-electron chi connectivity index (χ1n) is 16.2. The molecule has 0 unspecified atom stereocenters. The van der Waals surface area contributed by atoms with E-state index in [0.29, 0.717) is 30.4 Å². The number of fused-ring (bicyclic) bond motifs is 2. The molecule has 4 aliphatic heterocycles. The third-order valence-electron chi connectivity index (χ3n) is 9.99. The van der Waals surface area contributed by atoms with Crippen molar-refractivity contribution in [2.24, 2.45) is 0 Å². The summed E-state index contributed by atoms with van der Waals surface area (Å²) >= 11 is 0. The average molecular weight is 595 g/mol. The zero-order valence-corrected chi connectivity index (χ0v) is 24.9. The molecule has 3 saturated heterocycles. The fourth-order valence-corrected chi connectivity index (χ4v) is 7.47. The number of carbonyl (C=O) groups is 3. The first-order valence-corrected chi connectivity index (χ1v) is 16.2. The highest BCUT2D eigenvalue weighted by Gasteiger charge is 2.39. The number of likely N-dealkylation sites (tertiary alicyclic amines) is 1. The van der Waals surface area contributed by atoms with Gasteiger partial charge < -0.3 is 14.4 Å². The first-order chi connectivity index (χ1) is 21.5. The van der Waals surface area contributed by atoms with Gasteiger partial charge in [-0.15, -0.1) is 0 Å². The molecule has 0 spiro atoms. The first kappa shape index (κ1) is 27.7. The molecule has 8 rings (SSSR count). The van der Waals surface area contributed by atoms with Crippen molar-refractivity contribution in [1.82, 2.24) is 20.1 Å². The van der Waals surface area contributed by atoms with Crippen LogP contribution in [0, 0.1) is 0 Å². The van der Waals surface area contributed by atoms with E-state index >= 15 is 0 Å². The van der Waals surface area contributed by atoms with Crippen molar-refractivity contribution in [3.05, 3.63) is 70.4 Å². The smallest absolute Gasteiger partial charge is 0.255 e. The van der Waals surface area contributed by atoms with Crippen LogP contribution in [0.2, 0.25) is 0 Å². The molecule has 0 radical (unpaired) electrons. The third kappa shape index (κ3) is 5.37. The minimum atomic E-state index is -0.610. The summed E-state index contributed by atoms with van der Waals surface area (Å²) in [5.41, 5.74) is 6.63. The predicted octanol–water partition coefficient (Wildman–Crippen LogP) is 4.42. The van der Waals surface area contributed by atoms with Gasteiger partial charge in [-0.3, -0.25) is 29.6 Å². The lowest BCUT2D eigenvalue weighted by Crippen LogP contribution is -2.52. The van der Waals surface area contributed by atoms with Gasteiger partial charge in [0.2, 0.25) is 11.8 Å². The van der Waals surface area contributed by atoms with Gasteiger partial charge in [0.1, 0.15) is 17.9 Å². The Bertz CT molecular complexity index is 1650. The van der Waals surface area contributed by atoms with Crippen molar-refractivity contribution >= 4 is 28.6 Å². The lowest BCUT2D eigenvalue weighted by atomic mass is 9.94. The highest BCUT2D eigenvalue weighted by molar-refractivity contribution is 6.05. The molecule has 228 valence electrons. The average Bonchev–Trinajstić information content (AvgIpc) is 3.71. The van der Waals surface area contributed by atoms with E-state index in [4.69, 9.17) is 14.5 Å². The van der Waals surface area contributed by atoms with Gasteiger partial charge in [0.25, 0.3) is 5.91 Å². The Morgan fingerprint density at radius 2 is 1.80 bits per heavy atom. The maximum atomic E-state index is 13.0. The molecule has 1 aliphatic carbocycles. The number of piperidine rings is 1. The number of imide groups is 1. The molecule has 1 aromatic heterocycles. The molecule has 1 N–H and O–H groups in total. The van der Waals surface area contributed by atoms with Crippen LogP contribution in [0.25, 0.3) is 10.9 Å². The van der Waals surface area contributed by atoms with Crippen molar-refractivity contribution in [2.45, 2.75) is 82.0 Å². The van der Waals surface area contributed by atoms with Crippen LogP contribution in [0.4, 0.5) is 0 Å². The number of rotatable bonds is 7. The van der Waals surface area contributed by atoms with E-state index < -0.39 is 11.9 Å². The van der Waals surface area contributed by atoms with Crippen LogP contribution in [-0.2, 0) is 27.4 Å². The van der Waals surface area contributed by atoms with E-state index in [1.807, 2.05) is 18.2 Å². The number of carbonyl (C=O) groups excluding carboxylic acids is 3. The SMILES string of the molecule is O=C1CC[C@H](N2Cc3cc(O[C@H]4CCN(Cc5cc(C6CC6)c6nc(C7CCOCC7)ccc6c5)C4)ccc3C2=O)C(=O)N1. The maximum absolute atomic E-state index is 13.0. The van der Waals surface area contributed by atoms with Crippen molar-refractivity contribution in [2.75, 3.05) is 26.3 Å². The molecule has 44 heavy (non-hydrogen) atoms. The number of ether oxygens (including phenoxy) is 2. The summed E-state index contributed by atoms with van der Waals surface area (Å²) in [6.07, 6.45) is 6.23. The van der Waals surface area contributed by atoms with Crippen LogP contribution in [0.1, 0.15) is 89.5 Å². The lowest BCUT2D eigenvalue weighted by Gasteiger charge is -2.29. The van der Waals surface area contributed by atoms with E-state index in [1.54, 1.807) is 4.90 Å². The summed E-state index contributed by atoms with van der Waals surface area (Å²) in [4.78, 5) is 46.2. The molecule has 1 saturated carbocycles. The Kier molecular flexibility index (Phi) is 7.10. The second-order valence-corrected chi connectivity index (χ2v) is 13.1. The molecule has 3 amide bonds. The number of hydrogen-bond acceptors (Lipinski definition) is 7. The molecule has 9 heteroatoms. The summed E-state index contributed by atoms with van der Waals surface area (Å²) in [5, 5.41) is 3.60. The van der Waals surface area contributed by atoms with Crippen molar-refractivity contribution in [3.63, 3.8) is 0 Å². The zero-order valence-electron chi connectivity index (χ0n) is 24.9. The summed E-state index contributed by atoms with van der Waals surface area (Å²) < 4.78 is 12.0. The molecular formula is C35H38N4O5. The highest BCUT2D eigenvalue weighted by Crippen LogP contribution is 2.44. The number of nitrogens with one attached hydrogen (secondary N) is 1. The third-order valence-corrected chi connectivity index (χ3v) is 9.99. The number of nitrogens with zero attached hydrogens (tertiary/aromatic N) is 3. The lowest BCUT2D eigenvalue weighted by molar-refractivity contribution is -0.136. The normalized spacial score (nSPS) is 24.6. The Hall–Kier alpha value is -3.82.